The Hall–Kier alpha value is -3.92. The molecule has 2 aliphatic rings. The summed E-state index contributed by atoms with van der Waals surface area (Å²) in [7, 11) is 3.56. The second kappa shape index (κ2) is 9.38. The van der Waals surface area contributed by atoms with Gasteiger partial charge in [0.25, 0.3) is 5.91 Å². The molecule has 0 saturated carbocycles. The number of fused-ring (bicyclic) bond motifs is 1. The van der Waals surface area contributed by atoms with Crippen molar-refractivity contribution in [3.63, 3.8) is 0 Å². The van der Waals surface area contributed by atoms with E-state index in [1.54, 1.807) is 54.3 Å². The maximum atomic E-state index is 12.9. The van der Waals surface area contributed by atoms with Gasteiger partial charge in [0.05, 0.1) is 23.8 Å². The van der Waals surface area contributed by atoms with Gasteiger partial charge in [-0.15, -0.1) is 0 Å². The van der Waals surface area contributed by atoms with Crippen LogP contribution in [0.1, 0.15) is 30.1 Å². The Labute approximate surface area is 203 Å². The summed E-state index contributed by atoms with van der Waals surface area (Å²) in [5, 5.41) is 10.3. The third kappa shape index (κ3) is 4.44. The summed E-state index contributed by atoms with van der Waals surface area (Å²) in [5.74, 6) is 1.08. The standard InChI is InChI=1S/C25H29N7O3/c1-16-25(34)30(2)21-15-26-22(14-20(21)32(16)19-8-11-35-12-9-19)28-18-6-4-5-17(13-18)24(33)29-23-7-10-27-31(23)3/h4-7,10,13-16,19H,8-9,11-12H2,1-3H3,(H,26,28)(H,29,33). The molecule has 182 valence electrons. The topological polar surface area (TPSA) is 105 Å². The van der Waals surface area contributed by atoms with Crippen LogP contribution in [0.4, 0.5) is 28.7 Å². The third-order valence-electron chi connectivity index (χ3n) is 6.65. The minimum atomic E-state index is -0.273. The van der Waals surface area contributed by atoms with E-state index in [1.807, 2.05) is 25.1 Å². The number of hydrogen-bond donors (Lipinski definition) is 2. The van der Waals surface area contributed by atoms with Gasteiger partial charge in [-0.05, 0) is 38.0 Å². The highest BCUT2D eigenvalue weighted by molar-refractivity contribution is 6.06. The van der Waals surface area contributed by atoms with Gasteiger partial charge in [0.1, 0.15) is 17.7 Å². The minimum absolute atomic E-state index is 0.0543. The maximum absolute atomic E-state index is 12.9. The highest BCUT2D eigenvalue weighted by atomic mass is 16.5. The van der Waals surface area contributed by atoms with E-state index in [0.29, 0.717) is 30.4 Å². The van der Waals surface area contributed by atoms with Crippen LogP contribution in [-0.4, -0.2) is 58.9 Å². The normalized spacial score (nSPS) is 18.4. The molecule has 1 aromatic carbocycles. The van der Waals surface area contributed by atoms with Gasteiger partial charge in [-0.2, -0.15) is 5.10 Å². The number of anilines is 5. The van der Waals surface area contributed by atoms with Gasteiger partial charge < -0.3 is 25.2 Å². The van der Waals surface area contributed by atoms with E-state index in [4.69, 9.17) is 4.74 Å². The van der Waals surface area contributed by atoms with Crippen LogP contribution in [0.25, 0.3) is 0 Å². The van der Waals surface area contributed by atoms with Crippen molar-refractivity contribution in [2.75, 3.05) is 40.7 Å². The van der Waals surface area contributed by atoms with Crippen LogP contribution in [0, 0.1) is 0 Å². The quantitative estimate of drug-likeness (QED) is 0.584. The Morgan fingerprint density at radius 2 is 1.91 bits per heavy atom. The molecule has 10 heteroatoms. The summed E-state index contributed by atoms with van der Waals surface area (Å²) < 4.78 is 7.15. The summed E-state index contributed by atoms with van der Waals surface area (Å²) in [6.07, 6.45) is 5.11. The van der Waals surface area contributed by atoms with Crippen molar-refractivity contribution in [1.82, 2.24) is 14.8 Å². The number of amides is 2. The molecule has 0 bridgehead atoms. The number of pyridine rings is 1. The summed E-state index contributed by atoms with van der Waals surface area (Å²) in [6, 6.07) is 10.9. The van der Waals surface area contributed by atoms with E-state index >= 15 is 0 Å². The molecule has 2 N–H and O–H groups in total. The Kier molecular flexibility index (Phi) is 6.12. The third-order valence-corrected chi connectivity index (χ3v) is 6.65. The first-order chi connectivity index (χ1) is 16.9. The number of aromatic nitrogens is 3. The van der Waals surface area contributed by atoms with E-state index in [2.05, 4.69) is 25.6 Å². The molecule has 0 spiro atoms. The average Bonchev–Trinajstić information content (AvgIpc) is 3.27. The van der Waals surface area contributed by atoms with Gasteiger partial charge in [0.15, 0.2) is 0 Å². The Balaban J connectivity index is 1.40. The van der Waals surface area contributed by atoms with Crippen molar-refractivity contribution in [2.45, 2.75) is 31.8 Å². The number of benzene rings is 1. The molecular weight excluding hydrogens is 446 g/mol. The second-order valence-electron chi connectivity index (χ2n) is 8.88. The van der Waals surface area contributed by atoms with Crippen molar-refractivity contribution < 1.29 is 14.3 Å². The zero-order chi connectivity index (χ0) is 24.5. The molecule has 1 atom stereocenters. The van der Waals surface area contributed by atoms with E-state index < -0.39 is 0 Å². The van der Waals surface area contributed by atoms with Crippen molar-refractivity contribution in [2.24, 2.45) is 7.05 Å². The summed E-state index contributed by atoms with van der Waals surface area (Å²) >= 11 is 0. The van der Waals surface area contributed by atoms with Gasteiger partial charge >= 0.3 is 0 Å². The van der Waals surface area contributed by atoms with Crippen LogP contribution in [0.3, 0.4) is 0 Å². The fourth-order valence-electron chi connectivity index (χ4n) is 4.75. The van der Waals surface area contributed by atoms with E-state index in [9.17, 15) is 9.59 Å². The lowest BCUT2D eigenvalue weighted by atomic mass is 10.00. The fraction of sp³-hybridized carbons (Fsp3) is 0.360. The minimum Gasteiger partial charge on any atom is -0.381 e. The zero-order valence-electron chi connectivity index (χ0n) is 20.1. The first-order valence-corrected chi connectivity index (χ1v) is 11.7. The van der Waals surface area contributed by atoms with Gasteiger partial charge in [-0.3, -0.25) is 14.3 Å². The predicted molar refractivity (Wildman–Crippen MR) is 134 cm³/mol. The molecular formula is C25H29N7O3. The van der Waals surface area contributed by atoms with Gasteiger partial charge in [-0.1, -0.05) is 6.07 Å². The van der Waals surface area contributed by atoms with Crippen LogP contribution in [0.5, 0.6) is 0 Å². The highest BCUT2D eigenvalue weighted by Gasteiger charge is 2.38. The molecule has 2 aliphatic heterocycles. The van der Waals surface area contributed by atoms with Crippen LogP contribution in [-0.2, 0) is 16.6 Å². The monoisotopic (exact) mass is 475 g/mol. The lowest BCUT2D eigenvalue weighted by Gasteiger charge is -2.45. The number of likely N-dealkylation sites (N-methyl/N-ethyl adjacent to an activating group) is 1. The van der Waals surface area contributed by atoms with E-state index in [0.717, 1.165) is 29.9 Å². The molecule has 4 heterocycles. The molecule has 1 fully saturated rings. The molecule has 3 aromatic rings. The maximum Gasteiger partial charge on any atom is 0.256 e. The lowest BCUT2D eigenvalue weighted by Crippen LogP contribution is -2.55. The van der Waals surface area contributed by atoms with Crippen LogP contribution >= 0.6 is 0 Å². The molecule has 0 radical (unpaired) electrons. The number of nitrogens with zero attached hydrogens (tertiary/aromatic N) is 5. The Morgan fingerprint density at radius 1 is 1.11 bits per heavy atom. The number of aryl methyl sites for hydroxylation is 1. The van der Waals surface area contributed by atoms with Crippen LogP contribution in [0.15, 0.2) is 48.8 Å². The molecule has 5 rings (SSSR count). The number of carbonyl (C=O) groups is 2. The number of nitrogens with one attached hydrogen (secondary N) is 2. The van der Waals surface area contributed by atoms with E-state index in [-0.39, 0.29) is 23.9 Å². The first kappa shape index (κ1) is 22.9. The zero-order valence-corrected chi connectivity index (χ0v) is 20.1. The Morgan fingerprint density at radius 3 is 2.66 bits per heavy atom. The van der Waals surface area contributed by atoms with Crippen LogP contribution in [0.2, 0.25) is 0 Å². The predicted octanol–water partition coefficient (Wildman–Crippen LogP) is 3.16. The van der Waals surface area contributed by atoms with Gasteiger partial charge in [-0.25, -0.2) is 4.98 Å². The molecule has 2 aromatic heterocycles. The van der Waals surface area contributed by atoms with Gasteiger partial charge in [0.2, 0.25) is 5.91 Å². The Bertz CT molecular complexity index is 1250. The SMILES string of the molecule is CC1C(=O)N(C)c2cnc(Nc3cccc(C(=O)Nc4ccnn4C)c3)cc2N1C1CCOCC1. The number of rotatable bonds is 5. The van der Waals surface area contributed by atoms with E-state index in [1.165, 1.54) is 0 Å². The highest BCUT2D eigenvalue weighted by Crippen LogP contribution is 2.39. The smallest absolute Gasteiger partial charge is 0.256 e. The van der Waals surface area contributed by atoms with Crippen molar-refractivity contribution >= 4 is 40.5 Å². The van der Waals surface area contributed by atoms with Crippen molar-refractivity contribution in [3.05, 3.63) is 54.4 Å². The van der Waals surface area contributed by atoms with Crippen molar-refractivity contribution in [1.29, 1.82) is 0 Å². The lowest BCUT2D eigenvalue weighted by molar-refractivity contribution is -0.119. The number of ether oxygens (including phenoxy) is 1. The molecule has 1 saturated heterocycles. The summed E-state index contributed by atoms with van der Waals surface area (Å²) in [5.41, 5.74) is 3.00. The molecule has 1 unspecified atom stereocenters. The number of carbonyl (C=O) groups excluding carboxylic acids is 2. The molecule has 2 amide bonds. The van der Waals surface area contributed by atoms with Gasteiger partial charge in [0, 0.05) is 56.7 Å². The second-order valence-corrected chi connectivity index (χ2v) is 8.88. The first-order valence-electron chi connectivity index (χ1n) is 11.7. The molecule has 35 heavy (non-hydrogen) atoms. The number of hydrogen-bond acceptors (Lipinski definition) is 7. The average molecular weight is 476 g/mol. The molecule has 0 aliphatic carbocycles. The largest absolute Gasteiger partial charge is 0.381 e. The summed E-state index contributed by atoms with van der Waals surface area (Å²) in [6.45, 7) is 3.34. The fourth-order valence-corrected chi connectivity index (χ4v) is 4.75. The van der Waals surface area contributed by atoms with Crippen molar-refractivity contribution in [3.8, 4) is 0 Å². The van der Waals surface area contributed by atoms with Crippen LogP contribution < -0.4 is 20.4 Å². The molecule has 10 nitrogen and oxygen atoms in total. The summed E-state index contributed by atoms with van der Waals surface area (Å²) in [4.78, 5) is 34.1.